The Morgan fingerprint density at radius 1 is 0.918 bits per heavy atom. The van der Waals surface area contributed by atoms with E-state index < -0.39 is 0 Å². The Labute approximate surface area is 284 Å². The lowest BCUT2D eigenvalue weighted by Gasteiger charge is -2.42. The number of rotatable bonds is 6. The van der Waals surface area contributed by atoms with Gasteiger partial charge in [-0.2, -0.15) is 10.1 Å². The van der Waals surface area contributed by atoms with E-state index in [-0.39, 0.29) is 23.7 Å². The van der Waals surface area contributed by atoms with Crippen molar-refractivity contribution in [3.8, 4) is 11.3 Å². The zero-order valence-corrected chi connectivity index (χ0v) is 27.8. The SMILES string of the molecule is CCC(=O)N1CCC(N2CCC(C(=O)N3CCc4cc(Cn5nc(-c6ccc7oc(N)nc7c6)c6c(N)ncnc65)ccc4C3)CC2)CC1. The Balaban J connectivity index is 0.924. The summed E-state index contributed by atoms with van der Waals surface area (Å²) in [6.45, 7) is 7.44. The number of aromatic nitrogens is 5. The van der Waals surface area contributed by atoms with E-state index in [9.17, 15) is 9.59 Å². The summed E-state index contributed by atoms with van der Waals surface area (Å²) in [5, 5.41) is 5.64. The van der Waals surface area contributed by atoms with Crippen LogP contribution in [0.15, 0.2) is 47.1 Å². The minimum Gasteiger partial charge on any atom is -0.424 e. The Hall–Kier alpha value is -5.04. The van der Waals surface area contributed by atoms with Gasteiger partial charge in [0.2, 0.25) is 11.8 Å². The van der Waals surface area contributed by atoms with Gasteiger partial charge in [0.05, 0.1) is 11.9 Å². The molecule has 0 saturated carbocycles. The minimum absolute atomic E-state index is 0.0814. The first-order valence-corrected chi connectivity index (χ1v) is 17.4. The molecule has 0 atom stereocenters. The fraction of sp³-hybridized carbons (Fsp3) is 0.444. The number of nitrogens with two attached hydrogens (primary N) is 2. The largest absolute Gasteiger partial charge is 0.424 e. The van der Waals surface area contributed by atoms with Crippen molar-refractivity contribution in [3.05, 3.63) is 59.4 Å². The van der Waals surface area contributed by atoms with Gasteiger partial charge in [0, 0.05) is 50.1 Å². The van der Waals surface area contributed by atoms with E-state index in [1.165, 1.54) is 17.5 Å². The molecule has 2 saturated heterocycles. The van der Waals surface area contributed by atoms with Crippen LogP contribution in [0, 0.1) is 5.92 Å². The van der Waals surface area contributed by atoms with Crippen molar-refractivity contribution >= 4 is 45.8 Å². The lowest BCUT2D eigenvalue weighted by atomic mass is 9.90. The number of likely N-dealkylation sites (tertiary alicyclic amines) is 2. The molecule has 2 aromatic carbocycles. The molecule has 13 nitrogen and oxygen atoms in total. The maximum Gasteiger partial charge on any atom is 0.292 e. The Kier molecular flexibility index (Phi) is 8.14. The number of hydrogen-bond donors (Lipinski definition) is 2. The highest BCUT2D eigenvalue weighted by Crippen LogP contribution is 2.33. The summed E-state index contributed by atoms with van der Waals surface area (Å²) >= 11 is 0. The second kappa shape index (κ2) is 12.8. The third-order valence-corrected chi connectivity index (χ3v) is 10.7. The fourth-order valence-corrected chi connectivity index (χ4v) is 7.97. The highest BCUT2D eigenvalue weighted by molar-refractivity contribution is 5.99. The molecule has 13 heteroatoms. The summed E-state index contributed by atoms with van der Waals surface area (Å²) in [6.07, 6.45) is 6.74. The number of nitrogen functional groups attached to an aromatic ring is 2. The van der Waals surface area contributed by atoms with Crippen molar-refractivity contribution < 1.29 is 14.0 Å². The molecule has 0 radical (unpaired) electrons. The molecule has 6 heterocycles. The predicted octanol–water partition coefficient (Wildman–Crippen LogP) is 3.84. The van der Waals surface area contributed by atoms with Crippen LogP contribution in [-0.2, 0) is 29.1 Å². The number of oxazole rings is 1. The molecule has 0 bridgehead atoms. The number of amides is 2. The third-order valence-electron chi connectivity index (χ3n) is 10.7. The highest BCUT2D eigenvalue weighted by atomic mass is 16.4. The van der Waals surface area contributed by atoms with Crippen LogP contribution in [0.1, 0.15) is 55.7 Å². The van der Waals surface area contributed by atoms with E-state index in [2.05, 4.69) is 43.0 Å². The molecule has 8 rings (SSSR count). The summed E-state index contributed by atoms with van der Waals surface area (Å²) < 4.78 is 7.31. The van der Waals surface area contributed by atoms with Crippen molar-refractivity contribution in [2.45, 2.75) is 64.6 Å². The summed E-state index contributed by atoms with van der Waals surface area (Å²) in [4.78, 5) is 45.4. The number of piperidine rings is 2. The standard InChI is InChI=1S/C36H42N10O3/c1-2-30(47)44-15-10-27(11-16-44)43-12-7-23(8-13-43)35(48)45-14-9-24-17-22(3-4-26(24)20-45)19-46-34-31(33(37)39-21-40-34)32(42-46)25-5-6-29-28(18-25)41-36(38)49-29/h3-6,17-18,21,23,27H,2,7-16,19-20H2,1H3,(H2,38,41)(H2,37,39,40). The molecule has 2 amide bonds. The first kappa shape index (κ1) is 31.2. The maximum absolute atomic E-state index is 13.7. The van der Waals surface area contributed by atoms with Crippen LogP contribution in [0.25, 0.3) is 33.4 Å². The van der Waals surface area contributed by atoms with Gasteiger partial charge in [-0.15, -0.1) is 0 Å². The van der Waals surface area contributed by atoms with Gasteiger partial charge in [-0.1, -0.05) is 25.1 Å². The van der Waals surface area contributed by atoms with Gasteiger partial charge in [0.1, 0.15) is 23.4 Å². The van der Waals surface area contributed by atoms with Crippen LogP contribution < -0.4 is 11.5 Å². The molecule has 5 aromatic rings. The van der Waals surface area contributed by atoms with Crippen molar-refractivity contribution in [3.63, 3.8) is 0 Å². The molecule has 254 valence electrons. The average molecular weight is 663 g/mol. The fourth-order valence-electron chi connectivity index (χ4n) is 7.97. The van der Waals surface area contributed by atoms with Crippen LogP contribution >= 0.6 is 0 Å². The Bertz CT molecular complexity index is 2040. The van der Waals surface area contributed by atoms with E-state index in [0.29, 0.717) is 59.2 Å². The second-order valence-electron chi connectivity index (χ2n) is 13.6. The molecule has 49 heavy (non-hydrogen) atoms. The van der Waals surface area contributed by atoms with Crippen LogP contribution in [0.3, 0.4) is 0 Å². The number of carbonyl (C=O) groups excluding carboxylic acids is 2. The number of anilines is 2. The number of nitrogens with zero attached hydrogens (tertiary/aromatic N) is 8. The number of fused-ring (bicyclic) bond motifs is 3. The molecule has 3 aliphatic heterocycles. The molecular formula is C36H42N10O3. The summed E-state index contributed by atoms with van der Waals surface area (Å²) in [5.74, 6) is 0.987. The van der Waals surface area contributed by atoms with Gasteiger partial charge in [0.25, 0.3) is 6.01 Å². The van der Waals surface area contributed by atoms with Gasteiger partial charge < -0.3 is 30.6 Å². The van der Waals surface area contributed by atoms with Gasteiger partial charge in [-0.05, 0) is 80.1 Å². The van der Waals surface area contributed by atoms with Crippen molar-refractivity contribution in [1.29, 1.82) is 0 Å². The van der Waals surface area contributed by atoms with E-state index in [0.717, 1.165) is 76.0 Å². The minimum atomic E-state index is 0.0814. The first-order valence-electron chi connectivity index (χ1n) is 17.4. The molecule has 0 spiro atoms. The zero-order valence-electron chi connectivity index (χ0n) is 27.8. The van der Waals surface area contributed by atoms with Crippen LogP contribution in [0.4, 0.5) is 11.8 Å². The molecule has 0 unspecified atom stereocenters. The lowest BCUT2D eigenvalue weighted by Crippen LogP contribution is -2.50. The average Bonchev–Trinajstić information content (AvgIpc) is 3.70. The van der Waals surface area contributed by atoms with E-state index in [1.54, 1.807) is 0 Å². The molecule has 3 aliphatic rings. The zero-order chi connectivity index (χ0) is 33.6. The van der Waals surface area contributed by atoms with Crippen molar-refractivity contribution in [2.75, 3.05) is 44.2 Å². The first-order chi connectivity index (χ1) is 23.8. The van der Waals surface area contributed by atoms with Crippen LogP contribution in [-0.4, -0.2) is 90.0 Å². The summed E-state index contributed by atoms with van der Waals surface area (Å²) in [7, 11) is 0. The summed E-state index contributed by atoms with van der Waals surface area (Å²) in [6, 6.07) is 12.7. The normalized spacial score (nSPS) is 18.0. The number of benzene rings is 2. The highest BCUT2D eigenvalue weighted by Gasteiger charge is 2.34. The molecule has 4 N–H and O–H groups in total. The number of hydrogen-bond acceptors (Lipinski definition) is 10. The smallest absolute Gasteiger partial charge is 0.292 e. The Morgan fingerprint density at radius 2 is 1.73 bits per heavy atom. The second-order valence-corrected chi connectivity index (χ2v) is 13.6. The van der Waals surface area contributed by atoms with E-state index in [4.69, 9.17) is 21.0 Å². The lowest BCUT2D eigenvalue weighted by molar-refractivity contribution is -0.139. The third kappa shape index (κ3) is 5.96. The molecule has 0 aliphatic carbocycles. The molecule has 3 aromatic heterocycles. The van der Waals surface area contributed by atoms with Crippen LogP contribution in [0.5, 0.6) is 0 Å². The van der Waals surface area contributed by atoms with E-state index >= 15 is 0 Å². The van der Waals surface area contributed by atoms with Gasteiger partial charge in [0.15, 0.2) is 11.2 Å². The summed E-state index contributed by atoms with van der Waals surface area (Å²) in [5.41, 5.74) is 19.1. The molecule has 2 fully saturated rings. The van der Waals surface area contributed by atoms with Gasteiger partial charge in [-0.3, -0.25) is 9.59 Å². The van der Waals surface area contributed by atoms with Crippen molar-refractivity contribution in [2.24, 2.45) is 5.92 Å². The predicted molar refractivity (Wildman–Crippen MR) is 186 cm³/mol. The Morgan fingerprint density at radius 3 is 2.53 bits per heavy atom. The number of carbonyl (C=O) groups is 2. The maximum atomic E-state index is 13.7. The van der Waals surface area contributed by atoms with Crippen molar-refractivity contribution in [1.82, 2.24) is 39.4 Å². The van der Waals surface area contributed by atoms with Gasteiger partial charge >= 0.3 is 0 Å². The topological polar surface area (TPSA) is 166 Å². The quantitative estimate of drug-likeness (QED) is 0.273. The monoisotopic (exact) mass is 662 g/mol. The molecular weight excluding hydrogens is 620 g/mol. The van der Waals surface area contributed by atoms with Crippen LogP contribution in [0.2, 0.25) is 0 Å². The van der Waals surface area contributed by atoms with Gasteiger partial charge in [-0.25, -0.2) is 14.6 Å². The van der Waals surface area contributed by atoms with E-state index in [1.807, 2.05) is 34.7 Å².